The first kappa shape index (κ1) is 32.7. The largest absolute Gasteiger partial charge is 0.454 e. The van der Waals surface area contributed by atoms with Gasteiger partial charge >= 0.3 is 0 Å². The molecule has 6 rings (SSSR count). The molecule has 9 heteroatoms. The van der Waals surface area contributed by atoms with Gasteiger partial charge in [0, 0.05) is 35.6 Å². The number of likely N-dealkylation sites (tertiary alicyclic amines) is 1. The van der Waals surface area contributed by atoms with Crippen LogP contribution in [0.2, 0.25) is 0 Å². The highest BCUT2D eigenvalue weighted by molar-refractivity contribution is 7.19. The van der Waals surface area contributed by atoms with Crippen molar-refractivity contribution in [3.05, 3.63) is 71.1 Å². The van der Waals surface area contributed by atoms with Crippen LogP contribution in [0.3, 0.4) is 0 Å². The van der Waals surface area contributed by atoms with Crippen LogP contribution in [0.4, 0.5) is 0 Å². The molecule has 46 heavy (non-hydrogen) atoms. The molecule has 2 N–H and O–H groups in total. The number of carbonyl (C=O) groups excluding carboxylic acids is 2. The molecule has 3 aliphatic rings. The topological polar surface area (TPSA) is 91.5 Å². The number of hydrogen-bond donors (Lipinski definition) is 1. The summed E-state index contributed by atoms with van der Waals surface area (Å²) in [6, 6.07) is 20.0. The first-order chi connectivity index (χ1) is 22.3. The Morgan fingerprint density at radius 3 is 2.54 bits per heavy atom. The average molecular weight is 644 g/mol. The van der Waals surface area contributed by atoms with E-state index in [9.17, 15) is 9.59 Å². The highest BCUT2D eigenvalue weighted by atomic mass is 32.1. The Labute approximate surface area is 277 Å². The zero-order chi connectivity index (χ0) is 32.1. The number of aliphatic imine (C=N–C) groups is 1. The fraction of sp³-hybridized carbons (Fsp3) is 0.541. The summed E-state index contributed by atoms with van der Waals surface area (Å²) in [6.45, 7) is 8.90. The monoisotopic (exact) mass is 643 g/mol. The maximum absolute atomic E-state index is 14.0. The maximum Gasteiger partial charge on any atom is 0.288 e. The lowest BCUT2D eigenvalue weighted by molar-refractivity contribution is -0.143. The summed E-state index contributed by atoms with van der Waals surface area (Å²) in [5, 5.41) is 1.20. The summed E-state index contributed by atoms with van der Waals surface area (Å²) < 4.78 is 7.71. The van der Waals surface area contributed by atoms with Crippen molar-refractivity contribution in [2.75, 3.05) is 39.3 Å². The summed E-state index contributed by atoms with van der Waals surface area (Å²) in [7, 11) is 0. The Hall–Kier alpha value is -3.27. The van der Waals surface area contributed by atoms with E-state index in [0.29, 0.717) is 44.9 Å². The predicted octanol–water partition coefficient (Wildman–Crippen LogP) is 5.81. The second kappa shape index (κ2) is 14.7. The smallest absolute Gasteiger partial charge is 0.288 e. The van der Waals surface area contributed by atoms with Crippen LogP contribution >= 0.6 is 11.3 Å². The molecule has 8 nitrogen and oxygen atoms in total. The van der Waals surface area contributed by atoms with Gasteiger partial charge in [-0.3, -0.25) is 9.59 Å². The van der Waals surface area contributed by atoms with Crippen molar-refractivity contribution in [3.8, 4) is 0 Å². The second-order valence-electron chi connectivity index (χ2n) is 13.7. The zero-order valence-electron chi connectivity index (χ0n) is 27.4. The Morgan fingerprint density at radius 2 is 1.76 bits per heavy atom. The van der Waals surface area contributed by atoms with Crippen molar-refractivity contribution in [3.63, 3.8) is 0 Å². The van der Waals surface area contributed by atoms with Gasteiger partial charge in [-0.25, -0.2) is 4.99 Å². The van der Waals surface area contributed by atoms with Crippen LogP contribution in [-0.2, 0) is 20.7 Å². The fourth-order valence-electron chi connectivity index (χ4n) is 7.12. The van der Waals surface area contributed by atoms with Gasteiger partial charge in [-0.05, 0) is 88.7 Å². The number of benzene rings is 2. The number of amidine groups is 1. The lowest BCUT2D eigenvalue weighted by Gasteiger charge is -2.42. The van der Waals surface area contributed by atoms with E-state index in [0.717, 1.165) is 24.9 Å². The van der Waals surface area contributed by atoms with E-state index in [1.54, 1.807) is 16.2 Å². The lowest BCUT2D eigenvalue weighted by atomic mass is 9.93. The Morgan fingerprint density at radius 1 is 1.00 bits per heavy atom. The van der Waals surface area contributed by atoms with Gasteiger partial charge in [0.2, 0.25) is 5.91 Å². The normalized spacial score (nSPS) is 22.5. The molecule has 1 amide bonds. The Kier molecular flexibility index (Phi) is 10.4. The summed E-state index contributed by atoms with van der Waals surface area (Å²) in [5.74, 6) is -0.0557. The van der Waals surface area contributed by atoms with Gasteiger partial charge in [-0.15, -0.1) is 11.3 Å². The molecule has 2 fully saturated rings. The van der Waals surface area contributed by atoms with Gasteiger partial charge in [0.15, 0.2) is 11.9 Å². The molecular weight excluding hydrogens is 595 g/mol. The molecule has 1 aromatic heterocycles. The molecule has 4 heterocycles. The van der Waals surface area contributed by atoms with E-state index in [1.165, 1.54) is 47.3 Å². The van der Waals surface area contributed by atoms with Gasteiger partial charge < -0.3 is 25.2 Å². The standard InChI is InChI=1S/C37H49N5O3S/c1-37(2)34(27-13-5-3-6-14-27)45-36(39-37)41-23-24-42(35(44)30(38)16-9-12-22-40-20-10-4-11-21-40)31(26-41)32(43)19-18-29-25-28-15-7-8-17-33(28)46-29/h3,5-8,13-15,17,25,30-31,34H,4,9-12,16,18-24,26,38H2,1-2H3/t30-,31+,34?/m1/s1. The van der Waals surface area contributed by atoms with Crippen molar-refractivity contribution in [2.24, 2.45) is 10.7 Å². The predicted molar refractivity (Wildman–Crippen MR) is 186 cm³/mol. The van der Waals surface area contributed by atoms with Crippen molar-refractivity contribution < 1.29 is 14.3 Å². The van der Waals surface area contributed by atoms with Crippen molar-refractivity contribution in [1.82, 2.24) is 14.7 Å². The number of piperazine rings is 1. The van der Waals surface area contributed by atoms with E-state index < -0.39 is 17.6 Å². The van der Waals surface area contributed by atoms with Gasteiger partial charge in [0.05, 0.1) is 6.04 Å². The lowest BCUT2D eigenvalue weighted by Crippen LogP contribution is -2.62. The third kappa shape index (κ3) is 7.64. The molecule has 246 valence electrons. The third-order valence-electron chi connectivity index (χ3n) is 9.76. The molecule has 2 aromatic carbocycles. The summed E-state index contributed by atoms with van der Waals surface area (Å²) >= 11 is 1.73. The quantitative estimate of drug-likeness (QED) is 0.266. The minimum Gasteiger partial charge on any atom is -0.454 e. The number of ketones is 1. The number of Topliss-reactive ketones (excluding diaryl/α,β-unsaturated/α-hetero) is 1. The van der Waals surface area contributed by atoms with Gasteiger partial charge in [0.1, 0.15) is 11.6 Å². The molecular formula is C37H49N5O3S. The highest BCUT2D eigenvalue weighted by Crippen LogP contribution is 2.38. The molecule has 0 radical (unpaired) electrons. The summed E-state index contributed by atoms with van der Waals surface area (Å²) in [5.41, 5.74) is 7.15. The number of unbranched alkanes of at least 4 members (excludes halogenated alkanes) is 1. The Balaban J connectivity index is 1.12. The molecule has 0 spiro atoms. The van der Waals surface area contributed by atoms with Crippen LogP contribution in [0, 0.1) is 0 Å². The number of amides is 1. The highest BCUT2D eigenvalue weighted by Gasteiger charge is 2.44. The molecule has 2 saturated heterocycles. The van der Waals surface area contributed by atoms with E-state index in [-0.39, 0.29) is 17.8 Å². The van der Waals surface area contributed by atoms with Crippen LogP contribution in [0.15, 0.2) is 65.7 Å². The first-order valence-corrected chi connectivity index (χ1v) is 17.9. The molecule has 0 bridgehead atoms. The fourth-order valence-corrected chi connectivity index (χ4v) is 8.18. The van der Waals surface area contributed by atoms with Gasteiger partial charge in [-0.2, -0.15) is 0 Å². The van der Waals surface area contributed by atoms with Crippen molar-refractivity contribution in [2.45, 2.75) is 88.9 Å². The number of ether oxygens (including phenoxy) is 1. The molecule has 1 unspecified atom stereocenters. The van der Waals surface area contributed by atoms with Crippen LogP contribution in [-0.4, -0.2) is 89.3 Å². The SMILES string of the molecule is CC1(C)N=C(N2CCN(C(=O)[C@H](N)CCCCN3CCCCC3)[C@H](C(=O)CCc3cc4ccccc4s3)C2)OC1c1ccccc1. The minimum absolute atomic E-state index is 0.0604. The number of rotatable bonds is 11. The first-order valence-electron chi connectivity index (χ1n) is 17.1. The van der Waals surface area contributed by atoms with Crippen LogP contribution < -0.4 is 5.73 Å². The van der Waals surface area contributed by atoms with E-state index in [4.69, 9.17) is 15.5 Å². The van der Waals surface area contributed by atoms with Crippen molar-refractivity contribution >= 4 is 39.1 Å². The number of hydrogen-bond acceptors (Lipinski definition) is 8. The van der Waals surface area contributed by atoms with E-state index in [2.05, 4.69) is 54.0 Å². The molecule has 3 atom stereocenters. The number of carbonyl (C=O) groups is 2. The molecule has 0 saturated carbocycles. The average Bonchev–Trinajstić information content (AvgIpc) is 3.65. The van der Waals surface area contributed by atoms with Crippen LogP contribution in [0.1, 0.15) is 75.3 Å². The maximum atomic E-state index is 14.0. The van der Waals surface area contributed by atoms with Crippen LogP contribution in [0.5, 0.6) is 0 Å². The van der Waals surface area contributed by atoms with Crippen LogP contribution in [0.25, 0.3) is 10.1 Å². The van der Waals surface area contributed by atoms with E-state index in [1.807, 2.05) is 30.3 Å². The minimum atomic E-state index is -0.604. The number of nitrogens with zero attached hydrogens (tertiary/aromatic N) is 4. The summed E-state index contributed by atoms with van der Waals surface area (Å²) in [6.07, 6.45) is 7.29. The van der Waals surface area contributed by atoms with Gasteiger partial charge in [0.25, 0.3) is 6.02 Å². The molecule has 3 aromatic rings. The molecule has 0 aliphatic carbocycles. The van der Waals surface area contributed by atoms with Gasteiger partial charge in [-0.1, -0.05) is 61.4 Å². The Bertz CT molecular complexity index is 1480. The zero-order valence-corrected chi connectivity index (χ0v) is 28.2. The second-order valence-corrected chi connectivity index (χ2v) is 14.8. The third-order valence-corrected chi connectivity index (χ3v) is 10.9. The van der Waals surface area contributed by atoms with Crippen molar-refractivity contribution in [1.29, 1.82) is 0 Å². The number of thiophene rings is 1. The summed E-state index contributed by atoms with van der Waals surface area (Å²) in [4.78, 5) is 40.3. The molecule has 3 aliphatic heterocycles. The number of fused-ring (bicyclic) bond motifs is 1. The number of aryl methyl sites for hydroxylation is 1. The van der Waals surface area contributed by atoms with E-state index >= 15 is 0 Å². The number of nitrogens with two attached hydrogens (primary N) is 1. The number of piperidine rings is 1.